The average molecular weight is 285 g/mol. The van der Waals surface area contributed by atoms with Crippen LogP contribution in [0, 0.1) is 5.92 Å². The van der Waals surface area contributed by atoms with Crippen LogP contribution < -0.4 is 11.3 Å². The summed E-state index contributed by atoms with van der Waals surface area (Å²) in [7, 11) is 0. The number of para-hydroxylation sites is 1. The van der Waals surface area contributed by atoms with Crippen molar-refractivity contribution >= 4 is 16.8 Å². The molecule has 110 valence electrons. The zero-order valence-corrected chi connectivity index (χ0v) is 12.0. The van der Waals surface area contributed by atoms with Crippen molar-refractivity contribution in [1.82, 2.24) is 9.88 Å². The molecule has 1 aromatic heterocycles. The number of hydrogen-bond donors (Lipinski definition) is 2. The SMILES string of the molecule is CC1CC(CN)CN1C(=O)c1cc(=O)[nH]c2ccccc12. The van der Waals surface area contributed by atoms with Crippen molar-refractivity contribution in [1.29, 1.82) is 0 Å². The van der Waals surface area contributed by atoms with Crippen LogP contribution in [-0.4, -0.2) is 34.9 Å². The van der Waals surface area contributed by atoms with Crippen molar-refractivity contribution in [3.05, 3.63) is 46.2 Å². The van der Waals surface area contributed by atoms with Crippen LogP contribution in [0.4, 0.5) is 0 Å². The van der Waals surface area contributed by atoms with E-state index in [1.54, 1.807) is 0 Å². The molecular weight excluding hydrogens is 266 g/mol. The number of aromatic nitrogens is 1. The number of pyridine rings is 1. The second-order valence-corrected chi connectivity index (χ2v) is 5.74. The molecular formula is C16H19N3O2. The molecule has 0 bridgehead atoms. The van der Waals surface area contributed by atoms with Gasteiger partial charge in [0.25, 0.3) is 5.91 Å². The fourth-order valence-corrected chi connectivity index (χ4v) is 3.13. The van der Waals surface area contributed by atoms with E-state index in [0.29, 0.717) is 30.1 Å². The third-order valence-electron chi connectivity index (χ3n) is 4.24. The summed E-state index contributed by atoms with van der Waals surface area (Å²) in [6.45, 7) is 3.28. The van der Waals surface area contributed by atoms with Gasteiger partial charge in [0.1, 0.15) is 0 Å². The fraction of sp³-hybridized carbons (Fsp3) is 0.375. The van der Waals surface area contributed by atoms with E-state index in [9.17, 15) is 9.59 Å². The maximum Gasteiger partial charge on any atom is 0.254 e. The summed E-state index contributed by atoms with van der Waals surface area (Å²) in [6, 6.07) is 8.93. The molecule has 1 aliphatic rings. The Morgan fingerprint density at radius 3 is 2.90 bits per heavy atom. The summed E-state index contributed by atoms with van der Waals surface area (Å²) in [5.74, 6) is 0.262. The molecule has 2 aromatic rings. The standard InChI is InChI=1S/C16H19N3O2/c1-10-6-11(8-17)9-19(10)16(21)13-7-15(20)18-14-5-3-2-4-12(13)14/h2-5,7,10-11H,6,8-9,17H2,1H3,(H,18,20). The Bertz CT molecular complexity index is 738. The molecule has 5 heteroatoms. The van der Waals surface area contributed by atoms with Gasteiger partial charge in [-0.3, -0.25) is 9.59 Å². The zero-order chi connectivity index (χ0) is 15.0. The molecule has 0 spiro atoms. The van der Waals surface area contributed by atoms with Crippen molar-refractivity contribution in [2.75, 3.05) is 13.1 Å². The number of benzene rings is 1. The molecule has 0 radical (unpaired) electrons. The Morgan fingerprint density at radius 2 is 2.19 bits per heavy atom. The molecule has 2 heterocycles. The van der Waals surface area contributed by atoms with Crippen LogP contribution in [0.25, 0.3) is 10.9 Å². The van der Waals surface area contributed by atoms with Gasteiger partial charge in [-0.1, -0.05) is 18.2 Å². The molecule has 1 amide bonds. The highest BCUT2D eigenvalue weighted by Crippen LogP contribution is 2.25. The molecule has 2 unspecified atom stereocenters. The molecule has 1 fully saturated rings. The lowest BCUT2D eigenvalue weighted by Crippen LogP contribution is -2.35. The Morgan fingerprint density at radius 1 is 1.43 bits per heavy atom. The second kappa shape index (κ2) is 5.33. The zero-order valence-electron chi connectivity index (χ0n) is 12.0. The lowest BCUT2D eigenvalue weighted by atomic mass is 10.1. The monoisotopic (exact) mass is 285 g/mol. The minimum absolute atomic E-state index is 0.0826. The Kier molecular flexibility index (Phi) is 3.51. The number of H-pyrrole nitrogens is 1. The van der Waals surface area contributed by atoms with Gasteiger partial charge in [-0.2, -0.15) is 0 Å². The van der Waals surface area contributed by atoms with Crippen molar-refractivity contribution in [2.24, 2.45) is 11.7 Å². The highest BCUT2D eigenvalue weighted by Gasteiger charge is 2.32. The summed E-state index contributed by atoms with van der Waals surface area (Å²) >= 11 is 0. The lowest BCUT2D eigenvalue weighted by Gasteiger charge is -2.22. The van der Waals surface area contributed by atoms with E-state index in [4.69, 9.17) is 5.73 Å². The van der Waals surface area contributed by atoms with Gasteiger partial charge in [0.15, 0.2) is 0 Å². The van der Waals surface area contributed by atoms with Crippen LogP contribution >= 0.6 is 0 Å². The summed E-state index contributed by atoms with van der Waals surface area (Å²) < 4.78 is 0. The first-order chi connectivity index (χ1) is 10.1. The number of fused-ring (bicyclic) bond motifs is 1. The predicted molar refractivity (Wildman–Crippen MR) is 82.2 cm³/mol. The number of nitrogens with zero attached hydrogens (tertiary/aromatic N) is 1. The number of aromatic amines is 1. The van der Waals surface area contributed by atoms with E-state index in [1.165, 1.54) is 6.07 Å². The largest absolute Gasteiger partial charge is 0.336 e. The summed E-state index contributed by atoms with van der Waals surface area (Å²) in [5.41, 5.74) is 6.63. The Hall–Kier alpha value is -2.14. The maximum atomic E-state index is 12.8. The number of likely N-dealkylation sites (tertiary alicyclic amines) is 1. The highest BCUT2D eigenvalue weighted by molar-refractivity contribution is 6.06. The first-order valence-electron chi connectivity index (χ1n) is 7.23. The van der Waals surface area contributed by atoms with Crippen molar-refractivity contribution < 1.29 is 4.79 Å². The molecule has 0 saturated carbocycles. The number of carbonyl (C=O) groups is 1. The summed E-state index contributed by atoms with van der Waals surface area (Å²) in [5, 5.41) is 0.783. The van der Waals surface area contributed by atoms with E-state index >= 15 is 0 Å². The van der Waals surface area contributed by atoms with Crippen LogP contribution in [0.2, 0.25) is 0 Å². The first kappa shape index (κ1) is 13.8. The second-order valence-electron chi connectivity index (χ2n) is 5.74. The van der Waals surface area contributed by atoms with Crippen molar-refractivity contribution in [2.45, 2.75) is 19.4 Å². The smallest absolute Gasteiger partial charge is 0.254 e. The molecule has 3 rings (SSSR count). The molecule has 21 heavy (non-hydrogen) atoms. The number of carbonyl (C=O) groups excluding carboxylic acids is 1. The number of nitrogens with two attached hydrogens (primary N) is 1. The van der Waals surface area contributed by atoms with Gasteiger partial charge >= 0.3 is 0 Å². The minimum atomic E-state index is -0.251. The minimum Gasteiger partial charge on any atom is -0.336 e. The molecule has 1 aromatic carbocycles. The van der Waals surface area contributed by atoms with Gasteiger partial charge in [-0.05, 0) is 31.9 Å². The molecule has 3 N–H and O–H groups in total. The quantitative estimate of drug-likeness (QED) is 0.874. The normalized spacial score (nSPS) is 21.9. The van der Waals surface area contributed by atoms with E-state index in [0.717, 1.165) is 11.8 Å². The van der Waals surface area contributed by atoms with Crippen LogP contribution in [0.1, 0.15) is 23.7 Å². The number of hydrogen-bond acceptors (Lipinski definition) is 3. The van der Waals surface area contributed by atoms with Gasteiger partial charge in [0.05, 0.1) is 5.56 Å². The van der Waals surface area contributed by atoms with Crippen LogP contribution in [-0.2, 0) is 0 Å². The van der Waals surface area contributed by atoms with Gasteiger partial charge in [-0.25, -0.2) is 0 Å². The lowest BCUT2D eigenvalue weighted by molar-refractivity contribution is 0.0745. The predicted octanol–water partition coefficient (Wildman–Crippen LogP) is 1.34. The Balaban J connectivity index is 2.04. The van der Waals surface area contributed by atoms with Gasteiger partial charge < -0.3 is 15.6 Å². The Labute approximate surface area is 122 Å². The third-order valence-corrected chi connectivity index (χ3v) is 4.24. The molecule has 5 nitrogen and oxygen atoms in total. The molecule has 0 aliphatic carbocycles. The van der Waals surface area contributed by atoms with Gasteiger partial charge in [0.2, 0.25) is 5.56 Å². The van der Waals surface area contributed by atoms with Crippen LogP contribution in [0.3, 0.4) is 0 Å². The average Bonchev–Trinajstić information content (AvgIpc) is 2.86. The van der Waals surface area contributed by atoms with E-state index < -0.39 is 0 Å². The number of rotatable bonds is 2. The molecule has 2 atom stereocenters. The summed E-state index contributed by atoms with van der Waals surface area (Å²) in [4.78, 5) is 29.2. The van der Waals surface area contributed by atoms with Crippen LogP contribution in [0.5, 0.6) is 0 Å². The van der Waals surface area contributed by atoms with Crippen molar-refractivity contribution in [3.8, 4) is 0 Å². The molecule has 1 aliphatic heterocycles. The van der Waals surface area contributed by atoms with E-state index in [2.05, 4.69) is 4.98 Å². The van der Waals surface area contributed by atoms with Crippen molar-refractivity contribution in [3.63, 3.8) is 0 Å². The third kappa shape index (κ3) is 2.45. The number of nitrogens with one attached hydrogen (secondary N) is 1. The summed E-state index contributed by atoms with van der Waals surface area (Å²) in [6.07, 6.45) is 0.920. The van der Waals surface area contributed by atoms with Gasteiger partial charge in [0, 0.05) is 29.6 Å². The van der Waals surface area contributed by atoms with E-state index in [-0.39, 0.29) is 17.5 Å². The maximum absolute atomic E-state index is 12.8. The number of amides is 1. The van der Waals surface area contributed by atoms with E-state index in [1.807, 2.05) is 36.1 Å². The topological polar surface area (TPSA) is 79.2 Å². The molecule has 1 saturated heterocycles. The van der Waals surface area contributed by atoms with Gasteiger partial charge in [-0.15, -0.1) is 0 Å². The highest BCUT2D eigenvalue weighted by atomic mass is 16.2. The fourth-order valence-electron chi connectivity index (χ4n) is 3.13. The first-order valence-corrected chi connectivity index (χ1v) is 7.23. The van der Waals surface area contributed by atoms with Crippen LogP contribution in [0.15, 0.2) is 35.1 Å².